The summed E-state index contributed by atoms with van der Waals surface area (Å²) in [5, 5.41) is 18.1. The Morgan fingerprint density at radius 1 is 1.14 bits per heavy atom. The summed E-state index contributed by atoms with van der Waals surface area (Å²) in [5.41, 5.74) is 0. The Kier molecular flexibility index (Phi) is 6.46. The third kappa shape index (κ3) is 9.84. The number of aliphatic hydroxyl groups excluding tert-OH is 2. The average Bonchev–Trinajstić information content (AvgIpc) is 1.82. The van der Waals surface area contributed by atoms with Crippen molar-refractivity contribution in [3.8, 4) is 0 Å². The van der Waals surface area contributed by atoms with E-state index in [1.54, 1.807) is 27.9 Å². The van der Waals surface area contributed by atoms with Crippen LogP contribution in [0.5, 0.6) is 0 Å². The molecule has 0 aromatic carbocycles. The van der Waals surface area contributed by atoms with E-state index in [-0.39, 0.29) is 4.48 Å². The van der Waals surface area contributed by atoms with Crippen LogP contribution in [0.4, 0.5) is 0 Å². The van der Waals surface area contributed by atoms with Gasteiger partial charge in [-0.2, -0.15) is 0 Å². The minimum atomic E-state index is -4.92. The van der Waals surface area contributed by atoms with E-state index in [9.17, 15) is 0 Å². The quantitative estimate of drug-likeness (QED) is 0.236. The smallest absolute Gasteiger partial charge is 0.215 e. The van der Waals surface area contributed by atoms with Crippen LogP contribution in [0.2, 0.25) is 0 Å². The molecule has 8 heteroatoms. The maximum absolute atomic E-state index is 9.06. The molecule has 88 valence electrons. The van der Waals surface area contributed by atoms with Crippen LogP contribution in [0.25, 0.3) is 0 Å². The lowest BCUT2D eigenvalue weighted by Gasteiger charge is -2.35. The molecule has 0 saturated carbocycles. The van der Waals surface area contributed by atoms with Gasteiger partial charge in [-0.15, -0.1) is 0 Å². The van der Waals surface area contributed by atoms with Gasteiger partial charge in [-0.25, -0.2) is 8.42 Å². The predicted molar refractivity (Wildman–Crippen MR) is 47.8 cm³/mol. The monoisotopic (exact) mass is 231 g/mol. The molecule has 3 N–H and O–H groups in total. The highest BCUT2D eigenvalue weighted by atomic mass is 32.3. The Hall–Kier alpha value is -0.250. The van der Waals surface area contributed by atoms with E-state index in [2.05, 4.69) is 0 Å². The molecule has 0 fully saturated rings. The number of nitrogens with zero attached hydrogens (tertiary/aromatic N) is 1. The molecule has 0 spiro atoms. The van der Waals surface area contributed by atoms with Crippen molar-refractivity contribution in [1.82, 2.24) is 0 Å². The third-order valence-corrected chi connectivity index (χ3v) is 1.93. The highest BCUT2D eigenvalue weighted by Crippen LogP contribution is 2.07. The van der Waals surface area contributed by atoms with Crippen molar-refractivity contribution in [3.05, 3.63) is 0 Å². The van der Waals surface area contributed by atoms with Crippen molar-refractivity contribution in [2.75, 3.05) is 14.1 Å². The van der Waals surface area contributed by atoms with E-state index in [0.29, 0.717) is 0 Å². The molecular weight excluding hydrogens is 214 g/mol. The molecule has 0 aliphatic carbocycles. The summed E-state index contributed by atoms with van der Waals surface area (Å²) < 4.78 is 33.1. The standard InChI is InChI=1S/C6H16NO2.H2O4S/c1-5(8)7(3,4)6(2)9;1-5(2,3)4/h5-6,8-9H,1-4H3;(H2,1,2,3,4)/q+1;/p-1. The Balaban J connectivity index is 0. The largest absolute Gasteiger partial charge is 0.726 e. The second kappa shape index (κ2) is 5.59. The van der Waals surface area contributed by atoms with Crippen molar-refractivity contribution in [1.29, 1.82) is 0 Å². The van der Waals surface area contributed by atoms with Crippen LogP contribution in [0.3, 0.4) is 0 Å². The molecular formula is C6H17NO6S. The summed E-state index contributed by atoms with van der Waals surface area (Å²) >= 11 is 0. The molecule has 2 atom stereocenters. The van der Waals surface area contributed by atoms with Gasteiger partial charge in [0.2, 0.25) is 10.4 Å². The van der Waals surface area contributed by atoms with E-state index < -0.39 is 22.9 Å². The second-order valence-corrected chi connectivity index (χ2v) is 4.18. The zero-order valence-corrected chi connectivity index (χ0v) is 9.39. The maximum atomic E-state index is 9.06. The van der Waals surface area contributed by atoms with Crippen LogP contribution < -0.4 is 0 Å². The van der Waals surface area contributed by atoms with Crippen LogP contribution in [0.15, 0.2) is 0 Å². The first-order valence-electron chi connectivity index (χ1n) is 3.76. The first kappa shape index (κ1) is 16.2. The summed E-state index contributed by atoms with van der Waals surface area (Å²) in [6, 6.07) is 0. The van der Waals surface area contributed by atoms with Gasteiger partial charge in [0.25, 0.3) is 0 Å². The first-order chi connectivity index (χ1) is 5.89. The molecule has 0 aromatic heterocycles. The van der Waals surface area contributed by atoms with Gasteiger partial charge in [-0.1, -0.05) is 0 Å². The molecule has 0 rings (SSSR count). The summed E-state index contributed by atoms with van der Waals surface area (Å²) in [6.45, 7) is 3.32. The van der Waals surface area contributed by atoms with Crippen LogP contribution in [0, 0.1) is 0 Å². The average molecular weight is 231 g/mol. The first-order valence-corrected chi connectivity index (χ1v) is 5.13. The lowest BCUT2D eigenvalue weighted by atomic mass is 10.4. The van der Waals surface area contributed by atoms with E-state index in [0.717, 1.165) is 0 Å². The number of rotatable bonds is 2. The van der Waals surface area contributed by atoms with Crippen LogP contribution in [0.1, 0.15) is 13.8 Å². The van der Waals surface area contributed by atoms with Crippen LogP contribution in [-0.4, -0.2) is 58.8 Å². The second-order valence-electron chi connectivity index (χ2n) is 3.32. The van der Waals surface area contributed by atoms with Gasteiger partial charge in [0.1, 0.15) is 0 Å². The lowest BCUT2D eigenvalue weighted by Crippen LogP contribution is -2.53. The van der Waals surface area contributed by atoms with Gasteiger partial charge in [-0.05, 0) is 0 Å². The topological polar surface area (TPSA) is 118 Å². The molecule has 0 amide bonds. The normalized spacial score (nSPS) is 16.6. The summed E-state index contributed by atoms with van der Waals surface area (Å²) in [6.07, 6.45) is -1.05. The van der Waals surface area contributed by atoms with Crippen LogP contribution >= 0.6 is 0 Å². The fraction of sp³-hybridized carbons (Fsp3) is 1.00. The van der Waals surface area contributed by atoms with Crippen molar-refractivity contribution in [2.45, 2.75) is 26.3 Å². The highest BCUT2D eigenvalue weighted by molar-refractivity contribution is 7.79. The Morgan fingerprint density at radius 3 is 1.29 bits per heavy atom. The minimum absolute atomic E-state index is 0.222. The summed E-state index contributed by atoms with van der Waals surface area (Å²) in [7, 11) is -1.37. The summed E-state index contributed by atoms with van der Waals surface area (Å²) in [4.78, 5) is 0. The zero-order valence-electron chi connectivity index (χ0n) is 8.58. The van der Waals surface area contributed by atoms with Crippen LogP contribution in [-0.2, 0) is 10.4 Å². The molecule has 7 nitrogen and oxygen atoms in total. The van der Waals surface area contributed by atoms with E-state index >= 15 is 0 Å². The number of aliphatic hydroxyl groups is 2. The Bertz CT molecular complexity index is 227. The Labute approximate surface area is 83.8 Å². The van der Waals surface area contributed by atoms with E-state index in [4.69, 9.17) is 27.7 Å². The predicted octanol–water partition coefficient (Wildman–Crippen LogP) is -1.26. The van der Waals surface area contributed by atoms with Gasteiger partial charge >= 0.3 is 0 Å². The molecule has 0 radical (unpaired) electrons. The molecule has 14 heavy (non-hydrogen) atoms. The molecule has 2 unspecified atom stereocenters. The number of quaternary nitrogens is 1. The molecule has 0 bridgehead atoms. The highest BCUT2D eigenvalue weighted by Gasteiger charge is 2.26. The zero-order chi connectivity index (χ0) is 12.2. The maximum Gasteiger partial charge on any atom is 0.215 e. The third-order valence-electron chi connectivity index (χ3n) is 1.93. The Morgan fingerprint density at radius 2 is 1.29 bits per heavy atom. The minimum Gasteiger partial charge on any atom is -0.726 e. The molecule has 0 aliphatic heterocycles. The van der Waals surface area contributed by atoms with Crippen molar-refractivity contribution in [3.63, 3.8) is 0 Å². The SMILES string of the molecule is CC(O)[N+](C)(C)C(C)O.O=S(=O)([O-])O. The van der Waals surface area contributed by atoms with Gasteiger partial charge in [-0.3, -0.25) is 9.04 Å². The lowest BCUT2D eigenvalue weighted by molar-refractivity contribution is -0.974. The van der Waals surface area contributed by atoms with E-state index in [1.165, 1.54) is 0 Å². The van der Waals surface area contributed by atoms with Crippen molar-refractivity contribution >= 4 is 10.4 Å². The number of hydrogen-bond acceptors (Lipinski definition) is 5. The van der Waals surface area contributed by atoms with E-state index in [1.807, 2.05) is 0 Å². The van der Waals surface area contributed by atoms with Crippen molar-refractivity contribution in [2.24, 2.45) is 0 Å². The fourth-order valence-electron chi connectivity index (χ4n) is 0.312. The summed E-state index contributed by atoms with van der Waals surface area (Å²) in [5.74, 6) is 0. The molecule has 0 aromatic rings. The molecule has 0 aliphatic rings. The number of hydrogen-bond donors (Lipinski definition) is 3. The fourth-order valence-corrected chi connectivity index (χ4v) is 0.312. The molecule has 0 heterocycles. The van der Waals surface area contributed by atoms with Gasteiger partial charge in [0, 0.05) is 13.8 Å². The molecule has 0 saturated heterocycles. The van der Waals surface area contributed by atoms with Gasteiger partial charge in [0.15, 0.2) is 12.5 Å². The van der Waals surface area contributed by atoms with Gasteiger partial charge < -0.3 is 14.8 Å². The van der Waals surface area contributed by atoms with Crippen molar-refractivity contribution < 1.29 is 32.2 Å². The van der Waals surface area contributed by atoms with Gasteiger partial charge in [0.05, 0.1) is 14.1 Å².